The zero-order valence-electron chi connectivity index (χ0n) is 8.53. The van der Waals surface area contributed by atoms with Crippen molar-refractivity contribution in [2.24, 2.45) is 0 Å². The van der Waals surface area contributed by atoms with Gasteiger partial charge in [-0.05, 0) is 17.7 Å². The van der Waals surface area contributed by atoms with Gasteiger partial charge < -0.3 is 8.83 Å². The van der Waals surface area contributed by atoms with Crippen molar-refractivity contribution < 1.29 is 13.6 Å². The second-order valence-corrected chi connectivity index (χ2v) is 3.34. The van der Waals surface area contributed by atoms with E-state index in [1.165, 1.54) is 0 Å². The molecule has 0 N–H and O–H groups in total. The van der Waals surface area contributed by atoms with Gasteiger partial charge in [0.25, 0.3) is 0 Å². The second-order valence-electron chi connectivity index (χ2n) is 3.34. The van der Waals surface area contributed by atoms with Crippen LogP contribution in [0.15, 0.2) is 39.8 Å². The van der Waals surface area contributed by atoms with E-state index in [2.05, 4.69) is 0 Å². The van der Waals surface area contributed by atoms with E-state index in [4.69, 9.17) is 8.83 Å². The van der Waals surface area contributed by atoms with Gasteiger partial charge in [0.15, 0.2) is 5.78 Å². The Balaban J connectivity index is 2.15. The van der Waals surface area contributed by atoms with Crippen molar-refractivity contribution in [3.8, 4) is 0 Å². The molecule has 2 aromatic rings. The third-order valence-electron chi connectivity index (χ3n) is 2.31. The number of furan rings is 2. The summed E-state index contributed by atoms with van der Waals surface area (Å²) in [4.78, 5) is 11.9. The molecular formula is C12H12O3. The van der Waals surface area contributed by atoms with Crippen LogP contribution in [0, 0.1) is 0 Å². The molecule has 0 aliphatic heterocycles. The van der Waals surface area contributed by atoms with Crippen molar-refractivity contribution in [1.82, 2.24) is 0 Å². The molecule has 0 spiro atoms. The van der Waals surface area contributed by atoms with E-state index in [9.17, 15) is 4.79 Å². The Hall–Kier alpha value is -1.77. The summed E-state index contributed by atoms with van der Waals surface area (Å²) in [6, 6.07) is 3.52. The Morgan fingerprint density at radius 2 is 2.20 bits per heavy atom. The van der Waals surface area contributed by atoms with Gasteiger partial charge in [-0.2, -0.15) is 0 Å². The first-order chi connectivity index (χ1) is 7.31. The van der Waals surface area contributed by atoms with Crippen LogP contribution < -0.4 is 0 Å². The number of rotatable bonds is 4. The molecule has 0 saturated carbocycles. The maximum atomic E-state index is 11.9. The summed E-state index contributed by atoms with van der Waals surface area (Å²) in [5.41, 5.74) is 1.57. The summed E-state index contributed by atoms with van der Waals surface area (Å²) in [7, 11) is 0. The van der Waals surface area contributed by atoms with E-state index < -0.39 is 0 Å². The molecule has 0 amide bonds. The normalized spacial score (nSPS) is 10.5. The van der Waals surface area contributed by atoms with Gasteiger partial charge in [-0.25, -0.2) is 0 Å². The Bertz CT molecular complexity index is 437. The molecule has 2 heterocycles. The van der Waals surface area contributed by atoms with Gasteiger partial charge in [0.2, 0.25) is 0 Å². The highest BCUT2D eigenvalue weighted by Crippen LogP contribution is 2.14. The lowest BCUT2D eigenvalue weighted by Crippen LogP contribution is -2.03. The first kappa shape index (κ1) is 9.77. The molecule has 15 heavy (non-hydrogen) atoms. The van der Waals surface area contributed by atoms with E-state index in [-0.39, 0.29) is 5.78 Å². The van der Waals surface area contributed by atoms with Gasteiger partial charge in [0.05, 0.1) is 24.4 Å². The van der Waals surface area contributed by atoms with Crippen LogP contribution in [0.2, 0.25) is 0 Å². The summed E-state index contributed by atoms with van der Waals surface area (Å²) >= 11 is 0. The van der Waals surface area contributed by atoms with Crippen LogP contribution in [0.4, 0.5) is 0 Å². The molecule has 0 saturated heterocycles. The molecule has 78 valence electrons. The van der Waals surface area contributed by atoms with Gasteiger partial charge >= 0.3 is 0 Å². The monoisotopic (exact) mass is 204 g/mol. The van der Waals surface area contributed by atoms with E-state index in [0.717, 1.165) is 17.7 Å². The lowest BCUT2D eigenvalue weighted by Gasteiger charge is -1.97. The third kappa shape index (κ3) is 2.01. The van der Waals surface area contributed by atoms with Crippen LogP contribution in [0.1, 0.15) is 28.6 Å². The van der Waals surface area contributed by atoms with Crippen molar-refractivity contribution >= 4 is 5.78 Å². The largest absolute Gasteiger partial charge is 0.472 e. The minimum Gasteiger partial charge on any atom is -0.472 e. The summed E-state index contributed by atoms with van der Waals surface area (Å²) < 4.78 is 10.1. The van der Waals surface area contributed by atoms with Crippen LogP contribution in [-0.4, -0.2) is 5.78 Å². The maximum absolute atomic E-state index is 11.9. The zero-order chi connectivity index (χ0) is 10.7. The predicted molar refractivity (Wildman–Crippen MR) is 54.8 cm³/mol. The predicted octanol–water partition coefficient (Wildman–Crippen LogP) is 2.86. The molecule has 2 rings (SSSR count). The van der Waals surface area contributed by atoms with Gasteiger partial charge in [-0.15, -0.1) is 0 Å². The van der Waals surface area contributed by atoms with Crippen molar-refractivity contribution in [2.75, 3.05) is 0 Å². The van der Waals surface area contributed by atoms with Crippen LogP contribution >= 0.6 is 0 Å². The minimum absolute atomic E-state index is 0.0713. The summed E-state index contributed by atoms with van der Waals surface area (Å²) in [5, 5.41) is 0. The molecule has 0 radical (unpaired) electrons. The number of Topliss-reactive ketones (excluding diaryl/α,β-unsaturated/α-hetero) is 1. The number of hydrogen-bond donors (Lipinski definition) is 0. The fourth-order valence-electron chi connectivity index (χ4n) is 1.54. The first-order valence-electron chi connectivity index (χ1n) is 4.92. The number of carbonyl (C=O) groups excluding carboxylic acids is 1. The number of ketones is 1. The molecule has 3 nitrogen and oxygen atoms in total. The van der Waals surface area contributed by atoms with Gasteiger partial charge in [0, 0.05) is 12.8 Å². The highest BCUT2D eigenvalue weighted by molar-refractivity contribution is 5.98. The second kappa shape index (κ2) is 4.17. The lowest BCUT2D eigenvalue weighted by molar-refractivity contribution is 0.0991. The van der Waals surface area contributed by atoms with E-state index >= 15 is 0 Å². The van der Waals surface area contributed by atoms with E-state index in [1.807, 2.05) is 6.92 Å². The molecule has 2 aromatic heterocycles. The average molecular weight is 204 g/mol. The number of aryl methyl sites for hydroxylation is 1. The third-order valence-corrected chi connectivity index (χ3v) is 2.31. The van der Waals surface area contributed by atoms with Crippen LogP contribution in [-0.2, 0) is 12.8 Å². The maximum Gasteiger partial charge on any atom is 0.170 e. The van der Waals surface area contributed by atoms with Crippen molar-refractivity contribution in [1.29, 1.82) is 0 Å². The Morgan fingerprint density at radius 1 is 1.33 bits per heavy atom. The Kier molecular flexibility index (Phi) is 2.72. The first-order valence-corrected chi connectivity index (χ1v) is 4.92. The summed E-state index contributed by atoms with van der Waals surface area (Å²) in [6.07, 6.45) is 5.81. The van der Waals surface area contributed by atoms with Gasteiger partial charge in [-0.3, -0.25) is 4.79 Å². The SMILES string of the molecule is CCc1occc1C(=O)Cc1ccoc1. The lowest BCUT2D eigenvalue weighted by atomic mass is 10.0. The fourth-order valence-corrected chi connectivity index (χ4v) is 1.54. The molecule has 0 fully saturated rings. The van der Waals surface area contributed by atoms with Crippen molar-refractivity contribution in [3.63, 3.8) is 0 Å². The Morgan fingerprint density at radius 3 is 2.87 bits per heavy atom. The highest BCUT2D eigenvalue weighted by atomic mass is 16.3. The van der Waals surface area contributed by atoms with Crippen LogP contribution in [0.3, 0.4) is 0 Å². The molecule has 3 heteroatoms. The molecule has 0 aliphatic rings. The number of carbonyl (C=O) groups is 1. The number of hydrogen-bond acceptors (Lipinski definition) is 3. The van der Waals surface area contributed by atoms with E-state index in [1.54, 1.807) is 30.9 Å². The van der Waals surface area contributed by atoms with Crippen molar-refractivity contribution in [3.05, 3.63) is 47.8 Å². The quantitative estimate of drug-likeness (QED) is 0.719. The molecule has 0 aliphatic carbocycles. The standard InChI is InChI=1S/C12H12O3/c1-2-12-10(4-6-15-12)11(13)7-9-3-5-14-8-9/h3-6,8H,2,7H2,1H3. The molecule has 0 bridgehead atoms. The summed E-state index contributed by atoms with van der Waals surface area (Å²) in [5.74, 6) is 0.825. The molecule has 0 unspecified atom stereocenters. The fraction of sp³-hybridized carbons (Fsp3) is 0.250. The smallest absolute Gasteiger partial charge is 0.170 e. The summed E-state index contributed by atoms with van der Waals surface area (Å²) in [6.45, 7) is 1.97. The highest BCUT2D eigenvalue weighted by Gasteiger charge is 2.13. The van der Waals surface area contributed by atoms with Crippen LogP contribution in [0.25, 0.3) is 0 Å². The zero-order valence-corrected chi connectivity index (χ0v) is 8.53. The van der Waals surface area contributed by atoms with Crippen LogP contribution in [0.5, 0.6) is 0 Å². The molecular weight excluding hydrogens is 192 g/mol. The Labute approximate surface area is 87.7 Å². The minimum atomic E-state index is 0.0713. The molecule has 0 atom stereocenters. The average Bonchev–Trinajstić information content (AvgIpc) is 2.86. The van der Waals surface area contributed by atoms with Gasteiger partial charge in [0.1, 0.15) is 5.76 Å². The topological polar surface area (TPSA) is 43.4 Å². The molecule has 0 aromatic carbocycles. The van der Waals surface area contributed by atoms with E-state index in [0.29, 0.717) is 12.0 Å². The van der Waals surface area contributed by atoms with Crippen molar-refractivity contribution in [2.45, 2.75) is 19.8 Å². The van der Waals surface area contributed by atoms with Gasteiger partial charge in [-0.1, -0.05) is 6.92 Å².